The standard InChI is InChI=1S/C17H22O3/c1-13(14-9-11-15(19-5)12-10-14)7-6-8-16(18)20-17(2,3)4/h6-12H,1-5H3/b8-6+,13-7+. The quantitative estimate of drug-likeness (QED) is 0.473. The van der Waals surface area contributed by atoms with Crippen molar-refractivity contribution in [1.82, 2.24) is 0 Å². The SMILES string of the molecule is COc1ccc(/C(C)=C/C=C/C(=O)OC(C)(C)C)cc1. The fourth-order valence-electron chi connectivity index (χ4n) is 1.56. The van der Waals surface area contributed by atoms with Gasteiger partial charge >= 0.3 is 5.97 Å². The van der Waals surface area contributed by atoms with E-state index >= 15 is 0 Å². The second kappa shape index (κ2) is 6.94. The topological polar surface area (TPSA) is 35.5 Å². The molecule has 1 aromatic carbocycles. The number of hydrogen-bond acceptors (Lipinski definition) is 3. The largest absolute Gasteiger partial charge is 0.497 e. The van der Waals surface area contributed by atoms with Gasteiger partial charge in [-0.25, -0.2) is 4.79 Å². The maximum Gasteiger partial charge on any atom is 0.331 e. The number of benzene rings is 1. The summed E-state index contributed by atoms with van der Waals surface area (Å²) in [6, 6.07) is 7.77. The summed E-state index contributed by atoms with van der Waals surface area (Å²) in [5.74, 6) is 0.488. The van der Waals surface area contributed by atoms with E-state index in [0.717, 1.165) is 16.9 Å². The third-order valence-electron chi connectivity index (χ3n) is 2.53. The van der Waals surface area contributed by atoms with Crippen LogP contribution >= 0.6 is 0 Å². The molecule has 0 saturated heterocycles. The van der Waals surface area contributed by atoms with Crippen LogP contribution in [0.15, 0.2) is 42.5 Å². The molecule has 0 aromatic heterocycles. The van der Waals surface area contributed by atoms with Crippen molar-refractivity contribution < 1.29 is 14.3 Å². The van der Waals surface area contributed by atoms with Crippen LogP contribution in [0.3, 0.4) is 0 Å². The maximum atomic E-state index is 11.5. The molecule has 1 aromatic rings. The van der Waals surface area contributed by atoms with Gasteiger partial charge in [0.1, 0.15) is 11.4 Å². The van der Waals surface area contributed by atoms with Crippen molar-refractivity contribution >= 4 is 11.5 Å². The van der Waals surface area contributed by atoms with E-state index in [4.69, 9.17) is 9.47 Å². The molecule has 0 radical (unpaired) electrons. The zero-order valence-electron chi connectivity index (χ0n) is 12.8. The van der Waals surface area contributed by atoms with Gasteiger partial charge in [-0.2, -0.15) is 0 Å². The van der Waals surface area contributed by atoms with Gasteiger partial charge in [-0.3, -0.25) is 0 Å². The van der Waals surface area contributed by atoms with E-state index in [-0.39, 0.29) is 5.97 Å². The minimum Gasteiger partial charge on any atom is -0.497 e. The van der Waals surface area contributed by atoms with Crippen LogP contribution in [0, 0.1) is 0 Å². The lowest BCUT2D eigenvalue weighted by Crippen LogP contribution is -2.22. The summed E-state index contributed by atoms with van der Waals surface area (Å²) in [7, 11) is 1.64. The molecule has 0 N–H and O–H groups in total. The first-order chi connectivity index (χ1) is 9.31. The number of ether oxygens (including phenoxy) is 2. The summed E-state index contributed by atoms with van der Waals surface area (Å²) >= 11 is 0. The minimum atomic E-state index is -0.462. The molecule has 0 aliphatic heterocycles. The summed E-state index contributed by atoms with van der Waals surface area (Å²) in [5.41, 5.74) is 1.68. The fraction of sp³-hybridized carbons (Fsp3) is 0.353. The number of esters is 1. The molecule has 0 saturated carbocycles. The highest BCUT2D eigenvalue weighted by molar-refractivity contribution is 5.83. The average Bonchev–Trinajstić information content (AvgIpc) is 2.36. The third kappa shape index (κ3) is 5.74. The Hall–Kier alpha value is -2.03. The molecule has 0 aliphatic rings. The van der Waals surface area contributed by atoms with Crippen LogP contribution in [0.25, 0.3) is 5.57 Å². The van der Waals surface area contributed by atoms with Crippen molar-refractivity contribution in [2.45, 2.75) is 33.3 Å². The van der Waals surface area contributed by atoms with E-state index in [1.54, 1.807) is 13.2 Å². The van der Waals surface area contributed by atoms with Crippen molar-refractivity contribution in [3.63, 3.8) is 0 Å². The van der Waals surface area contributed by atoms with Crippen LogP contribution in [0.4, 0.5) is 0 Å². The van der Waals surface area contributed by atoms with E-state index in [2.05, 4.69) is 0 Å². The summed E-state index contributed by atoms with van der Waals surface area (Å²) in [5, 5.41) is 0. The predicted octanol–water partition coefficient (Wildman–Crippen LogP) is 4.00. The molecule has 0 unspecified atom stereocenters. The van der Waals surface area contributed by atoms with E-state index < -0.39 is 5.60 Å². The second-order valence-corrected chi connectivity index (χ2v) is 5.47. The Balaban J connectivity index is 2.66. The van der Waals surface area contributed by atoms with E-state index in [1.165, 1.54) is 6.08 Å². The first-order valence-corrected chi connectivity index (χ1v) is 6.54. The maximum absolute atomic E-state index is 11.5. The molecule has 1 rings (SSSR count). The predicted molar refractivity (Wildman–Crippen MR) is 81.6 cm³/mol. The fourth-order valence-corrected chi connectivity index (χ4v) is 1.56. The van der Waals surface area contributed by atoms with E-state index in [0.29, 0.717) is 0 Å². The number of methoxy groups -OCH3 is 1. The lowest BCUT2D eigenvalue weighted by atomic mass is 10.1. The van der Waals surface area contributed by atoms with Crippen molar-refractivity contribution in [3.05, 3.63) is 48.1 Å². The monoisotopic (exact) mass is 274 g/mol. The zero-order valence-corrected chi connectivity index (χ0v) is 12.8. The number of carbonyl (C=O) groups is 1. The molecular formula is C17H22O3. The Labute approximate surface area is 120 Å². The van der Waals surface area contributed by atoms with Gasteiger partial charge in [0.2, 0.25) is 0 Å². The molecule has 0 aliphatic carbocycles. The zero-order chi connectivity index (χ0) is 15.2. The van der Waals surface area contributed by atoms with Gasteiger partial charge in [-0.1, -0.05) is 24.3 Å². The molecule has 3 heteroatoms. The molecular weight excluding hydrogens is 252 g/mol. The highest BCUT2D eigenvalue weighted by Crippen LogP contribution is 2.18. The first-order valence-electron chi connectivity index (χ1n) is 6.54. The van der Waals surface area contributed by atoms with Crippen LogP contribution in [0.1, 0.15) is 33.3 Å². The van der Waals surface area contributed by atoms with Crippen LogP contribution < -0.4 is 4.74 Å². The Morgan fingerprint density at radius 3 is 2.25 bits per heavy atom. The molecule has 0 amide bonds. The smallest absolute Gasteiger partial charge is 0.331 e. The molecule has 0 fully saturated rings. The van der Waals surface area contributed by atoms with Crippen LogP contribution in [0.2, 0.25) is 0 Å². The summed E-state index contributed by atoms with van der Waals surface area (Å²) in [4.78, 5) is 11.5. The highest BCUT2D eigenvalue weighted by atomic mass is 16.6. The molecule has 0 atom stereocenters. The molecule has 108 valence electrons. The lowest BCUT2D eigenvalue weighted by Gasteiger charge is -2.17. The Bertz CT molecular complexity index is 502. The normalized spacial score (nSPS) is 12.6. The molecule has 0 spiro atoms. The van der Waals surface area contributed by atoms with Crippen LogP contribution in [-0.4, -0.2) is 18.7 Å². The molecule has 3 nitrogen and oxygen atoms in total. The Morgan fingerprint density at radius 2 is 1.75 bits per heavy atom. The van der Waals surface area contributed by atoms with Gasteiger partial charge in [0.15, 0.2) is 0 Å². The summed E-state index contributed by atoms with van der Waals surface area (Å²) in [6.07, 6.45) is 5.01. The minimum absolute atomic E-state index is 0.337. The van der Waals surface area contributed by atoms with Crippen molar-refractivity contribution in [3.8, 4) is 5.75 Å². The molecule has 0 bridgehead atoms. The van der Waals surface area contributed by atoms with Gasteiger partial charge < -0.3 is 9.47 Å². The first kappa shape index (κ1) is 16.0. The van der Waals surface area contributed by atoms with Crippen molar-refractivity contribution in [1.29, 1.82) is 0 Å². The van der Waals surface area contributed by atoms with Gasteiger partial charge in [0, 0.05) is 6.08 Å². The van der Waals surface area contributed by atoms with Gasteiger partial charge in [0.25, 0.3) is 0 Å². The van der Waals surface area contributed by atoms with Crippen LogP contribution in [-0.2, 0) is 9.53 Å². The number of allylic oxidation sites excluding steroid dienone is 3. The number of hydrogen-bond donors (Lipinski definition) is 0. The summed E-state index contributed by atoms with van der Waals surface area (Å²) in [6.45, 7) is 7.52. The number of rotatable bonds is 4. The van der Waals surface area contributed by atoms with Gasteiger partial charge in [-0.05, 0) is 51.0 Å². The molecule has 0 heterocycles. The Kier molecular flexibility index (Phi) is 5.56. The molecule has 20 heavy (non-hydrogen) atoms. The van der Waals surface area contributed by atoms with E-state index in [1.807, 2.05) is 58.0 Å². The highest BCUT2D eigenvalue weighted by Gasteiger charge is 2.13. The van der Waals surface area contributed by atoms with Gasteiger partial charge in [0.05, 0.1) is 7.11 Å². The second-order valence-electron chi connectivity index (χ2n) is 5.47. The Morgan fingerprint density at radius 1 is 1.15 bits per heavy atom. The number of carbonyl (C=O) groups excluding carboxylic acids is 1. The summed E-state index contributed by atoms with van der Waals surface area (Å²) < 4.78 is 10.3. The third-order valence-corrected chi connectivity index (χ3v) is 2.53. The van der Waals surface area contributed by atoms with Gasteiger partial charge in [-0.15, -0.1) is 0 Å². The van der Waals surface area contributed by atoms with Crippen molar-refractivity contribution in [2.75, 3.05) is 7.11 Å². The van der Waals surface area contributed by atoms with Crippen molar-refractivity contribution in [2.24, 2.45) is 0 Å². The average molecular weight is 274 g/mol. The van der Waals surface area contributed by atoms with Crippen LogP contribution in [0.5, 0.6) is 5.75 Å². The van der Waals surface area contributed by atoms with E-state index in [9.17, 15) is 4.79 Å². The lowest BCUT2D eigenvalue weighted by molar-refractivity contribution is -0.148.